The molecule has 1 aliphatic carbocycles. The highest BCUT2D eigenvalue weighted by molar-refractivity contribution is 5.33. The van der Waals surface area contributed by atoms with Crippen molar-refractivity contribution in [2.24, 2.45) is 5.73 Å². The number of benzene rings is 1. The molecule has 0 unspecified atom stereocenters. The van der Waals surface area contributed by atoms with Crippen LogP contribution >= 0.6 is 0 Å². The van der Waals surface area contributed by atoms with Gasteiger partial charge < -0.3 is 15.2 Å². The highest BCUT2D eigenvalue weighted by atomic mass is 16.5. The molecule has 3 heteroatoms. The average Bonchev–Trinajstić information content (AvgIpc) is 2.33. The Hall–Kier alpha value is -1.22. The zero-order chi connectivity index (χ0) is 12.1. The average molecular weight is 235 g/mol. The normalized spacial score (nSPS) is 24.4. The van der Waals surface area contributed by atoms with Gasteiger partial charge in [0.05, 0.1) is 12.7 Å². The Morgan fingerprint density at radius 1 is 1.18 bits per heavy atom. The van der Waals surface area contributed by atoms with Gasteiger partial charge in [0.1, 0.15) is 11.5 Å². The van der Waals surface area contributed by atoms with Crippen molar-refractivity contribution in [1.82, 2.24) is 0 Å². The molecule has 1 fully saturated rings. The Morgan fingerprint density at radius 2 is 1.88 bits per heavy atom. The minimum Gasteiger partial charge on any atom is -0.494 e. The molecule has 1 saturated carbocycles. The molecule has 0 aliphatic heterocycles. The van der Waals surface area contributed by atoms with Gasteiger partial charge in [-0.15, -0.1) is 0 Å². The lowest BCUT2D eigenvalue weighted by molar-refractivity contribution is 0.146. The molecule has 2 rings (SSSR count). The van der Waals surface area contributed by atoms with E-state index >= 15 is 0 Å². The van der Waals surface area contributed by atoms with Crippen molar-refractivity contribution >= 4 is 0 Å². The molecule has 94 valence electrons. The SMILES string of the molecule is CCOc1cccc(OC2CCC(N)CC2)c1. The molecule has 0 radical (unpaired) electrons. The van der Waals surface area contributed by atoms with Crippen molar-refractivity contribution < 1.29 is 9.47 Å². The first-order valence-corrected chi connectivity index (χ1v) is 6.43. The Bertz CT molecular complexity index is 346. The fourth-order valence-corrected chi connectivity index (χ4v) is 2.20. The van der Waals surface area contributed by atoms with Gasteiger partial charge in [-0.1, -0.05) is 6.07 Å². The van der Waals surface area contributed by atoms with Crippen LogP contribution < -0.4 is 15.2 Å². The number of nitrogens with two attached hydrogens (primary N) is 1. The van der Waals surface area contributed by atoms with E-state index in [1.54, 1.807) is 0 Å². The van der Waals surface area contributed by atoms with E-state index in [2.05, 4.69) is 0 Å². The Morgan fingerprint density at radius 3 is 2.59 bits per heavy atom. The van der Waals surface area contributed by atoms with E-state index in [4.69, 9.17) is 15.2 Å². The predicted molar refractivity (Wildman–Crippen MR) is 68.5 cm³/mol. The summed E-state index contributed by atoms with van der Waals surface area (Å²) < 4.78 is 11.4. The number of ether oxygens (including phenoxy) is 2. The molecular formula is C14H21NO2. The van der Waals surface area contributed by atoms with Crippen LogP contribution in [-0.2, 0) is 0 Å². The topological polar surface area (TPSA) is 44.5 Å². The van der Waals surface area contributed by atoms with Crippen LogP contribution in [0, 0.1) is 0 Å². The Kier molecular flexibility index (Phi) is 4.26. The smallest absolute Gasteiger partial charge is 0.123 e. The molecule has 0 heterocycles. The van der Waals surface area contributed by atoms with Gasteiger partial charge in [-0.25, -0.2) is 0 Å². The predicted octanol–water partition coefficient (Wildman–Crippen LogP) is 2.73. The van der Waals surface area contributed by atoms with E-state index in [0.29, 0.717) is 18.8 Å². The molecule has 1 aliphatic rings. The summed E-state index contributed by atoms with van der Waals surface area (Å²) in [5.74, 6) is 1.77. The molecule has 0 aromatic heterocycles. The summed E-state index contributed by atoms with van der Waals surface area (Å²) in [4.78, 5) is 0. The second-order valence-corrected chi connectivity index (χ2v) is 4.56. The van der Waals surface area contributed by atoms with Crippen molar-refractivity contribution in [3.8, 4) is 11.5 Å². The van der Waals surface area contributed by atoms with Gasteiger partial charge >= 0.3 is 0 Å². The van der Waals surface area contributed by atoms with Gasteiger partial charge in [0.2, 0.25) is 0 Å². The Balaban J connectivity index is 1.91. The van der Waals surface area contributed by atoms with E-state index in [9.17, 15) is 0 Å². The third kappa shape index (κ3) is 3.63. The first kappa shape index (κ1) is 12.2. The van der Waals surface area contributed by atoms with Gasteiger partial charge in [0, 0.05) is 12.1 Å². The molecule has 0 bridgehead atoms. The molecule has 0 spiro atoms. The molecule has 0 saturated heterocycles. The first-order chi connectivity index (χ1) is 8.28. The fraction of sp³-hybridized carbons (Fsp3) is 0.571. The van der Waals surface area contributed by atoms with Crippen LogP contribution in [0.3, 0.4) is 0 Å². The molecule has 2 N–H and O–H groups in total. The Labute approximate surface area is 103 Å². The second-order valence-electron chi connectivity index (χ2n) is 4.56. The van der Waals surface area contributed by atoms with Gasteiger partial charge in [0.25, 0.3) is 0 Å². The van der Waals surface area contributed by atoms with Crippen LogP contribution in [0.1, 0.15) is 32.6 Å². The van der Waals surface area contributed by atoms with Crippen molar-refractivity contribution in [2.75, 3.05) is 6.61 Å². The minimum absolute atomic E-state index is 0.312. The third-order valence-corrected chi connectivity index (χ3v) is 3.14. The summed E-state index contributed by atoms with van der Waals surface area (Å²) in [7, 11) is 0. The van der Waals surface area contributed by atoms with Crippen LogP contribution in [0.4, 0.5) is 0 Å². The van der Waals surface area contributed by atoms with Crippen LogP contribution in [0.5, 0.6) is 11.5 Å². The molecule has 3 nitrogen and oxygen atoms in total. The largest absolute Gasteiger partial charge is 0.494 e. The lowest BCUT2D eigenvalue weighted by Crippen LogP contribution is -2.31. The monoisotopic (exact) mass is 235 g/mol. The summed E-state index contributed by atoms with van der Waals surface area (Å²) >= 11 is 0. The summed E-state index contributed by atoms with van der Waals surface area (Å²) in [5, 5.41) is 0. The summed E-state index contributed by atoms with van der Waals surface area (Å²) in [6, 6.07) is 8.22. The van der Waals surface area contributed by atoms with Crippen LogP contribution in [0.25, 0.3) is 0 Å². The fourth-order valence-electron chi connectivity index (χ4n) is 2.20. The highest BCUT2D eigenvalue weighted by Gasteiger charge is 2.19. The van der Waals surface area contributed by atoms with Crippen LogP contribution in [-0.4, -0.2) is 18.8 Å². The van der Waals surface area contributed by atoms with Crippen molar-refractivity contribution in [3.63, 3.8) is 0 Å². The summed E-state index contributed by atoms with van der Waals surface area (Å²) in [6.45, 7) is 2.66. The van der Waals surface area contributed by atoms with Crippen molar-refractivity contribution in [2.45, 2.75) is 44.8 Å². The first-order valence-electron chi connectivity index (χ1n) is 6.43. The van der Waals surface area contributed by atoms with Gasteiger partial charge in [-0.05, 0) is 44.7 Å². The van der Waals surface area contributed by atoms with Gasteiger partial charge in [-0.3, -0.25) is 0 Å². The van der Waals surface area contributed by atoms with Crippen LogP contribution in [0.15, 0.2) is 24.3 Å². The van der Waals surface area contributed by atoms with E-state index < -0.39 is 0 Å². The lowest BCUT2D eigenvalue weighted by atomic mass is 9.94. The number of hydrogen-bond acceptors (Lipinski definition) is 3. The van der Waals surface area contributed by atoms with Gasteiger partial charge in [-0.2, -0.15) is 0 Å². The molecular weight excluding hydrogens is 214 g/mol. The molecule has 1 aromatic carbocycles. The van der Waals surface area contributed by atoms with Crippen molar-refractivity contribution in [1.29, 1.82) is 0 Å². The molecule has 0 atom stereocenters. The van der Waals surface area contributed by atoms with E-state index in [1.165, 1.54) is 0 Å². The minimum atomic E-state index is 0.312. The summed E-state index contributed by atoms with van der Waals surface area (Å²) in [5.41, 5.74) is 5.88. The highest BCUT2D eigenvalue weighted by Crippen LogP contribution is 2.25. The maximum atomic E-state index is 5.96. The maximum Gasteiger partial charge on any atom is 0.123 e. The lowest BCUT2D eigenvalue weighted by Gasteiger charge is -2.26. The van der Waals surface area contributed by atoms with E-state index in [-0.39, 0.29) is 0 Å². The van der Waals surface area contributed by atoms with Crippen LogP contribution in [0.2, 0.25) is 0 Å². The molecule has 1 aromatic rings. The zero-order valence-corrected chi connectivity index (χ0v) is 10.4. The van der Waals surface area contributed by atoms with Crippen molar-refractivity contribution in [3.05, 3.63) is 24.3 Å². The standard InChI is InChI=1S/C14H21NO2/c1-2-16-13-4-3-5-14(10-13)17-12-8-6-11(15)7-9-12/h3-5,10-12H,2,6-9,15H2,1H3. The third-order valence-electron chi connectivity index (χ3n) is 3.14. The van der Waals surface area contributed by atoms with E-state index in [0.717, 1.165) is 37.2 Å². The number of hydrogen-bond donors (Lipinski definition) is 1. The number of rotatable bonds is 4. The second kappa shape index (κ2) is 5.92. The molecule has 17 heavy (non-hydrogen) atoms. The van der Waals surface area contributed by atoms with Gasteiger partial charge in [0.15, 0.2) is 0 Å². The zero-order valence-electron chi connectivity index (χ0n) is 10.4. The van der Waals surface area contributed by atoms with E-state index in [1.807, 2.05) is 31.2 Å². The maximum absolute atomic E-state index is 5.96. The quantitative estimate of drug-likeness (QED) is 0.872. The summed E-state index contributed by atoms with van der Waals surface area (Å²) in [6.07, 6.45) is 4.55. The molecule has 0 amide bonds.